The first kappa shape index (κ1) is 13.2. The third-order valence-corrected chi connectivity index (χ3v) is 4.13. The van der Waals surface area contributed by atoms with Crippen LogP contribution in [0.3, 0.4) is 0 Å². The number of fused-ring (bicyclic) bond motifs is 2. The maximum Gasteiger partial charge on any atom is 0.336 e. The van der Waals surface area contributed by atoms with Crippen LogP contribution >= 0.6 is 0 Å². The molecule has 0 unspecified atom stereocenters. The Morgan fingerprint density at radius 3 is 2.75 bits per heavy atom. The highest BCUT2D eigenvalue weighted by molar-refractivity contribution is 5.86. The van der Waals surface area contributed by atoms with Crippen LogP contribution in [-0.2, 0) is 12.8 Å². The van der Waals surface area contributed by atoms with Gasteiger partial charge in [-0.15, -0.1) is 0 Å². The summed E-state index contributed by atoms with van der Waals surface area (Å²) in [4.78, 5) is 11.7. The summed E-state index contributed by atoms with van der Waals surface area (Å²) in [6.45, 7) is 8.23. The maximum atomic E-state index is 11.7. The summed E-state index contributed by atoms with van der Waals surface area (Å²) >= 11 is 0. The average Bonchev–Trinajstić information content (AvgIpc) is 2.39. The Balaban J connectivity index is 2.34. The normalized spacial score (nSPS) is 16.8. The molecule has 0 N–H and O–H groups in total. The second-order valence-corrected chi connectivity index (χ2v) is 6.17. The van der Waals surface area contributed by atoms with Crippen molar-refractivity contribution < 1.29 is 9.15 Å². The molecule has 0 saturated heterocycles. The molecule has 1 aliphatic rings. The van der Waals surface area contributed by atoms with Crippen molar-refractivity contribution in [1.82, 2.24) is 0 Å². The highest BCUT2D eigenvalue weighted by Gasteiger charge is 2.29. The largest absolute Gasteiger partial charge is 0.487 e. The van der Waals surface area contributed by atoms with Gasteiger partial charge in [0, 0.05) is 17.0 Å². The summed E-state index contributed by atoms with van der Waals surface area (Å²) in [7, 11) is 0. The van der Waals surface area contributed by atoms with Crippen molar-refractivity contribution >= 4 is 11.0 Å². The van der Waals surface area contributed by atoms with E-state index in [2.05, 4.69) is 26.8 Å². The van der Waals surface area contributed by atoms with Gasteiger partial charge in [0.2, 0.25) is 0 Å². The average molecular weight is 272 g/mol. The monoisotopic (exact) mass is 272 g/mol. The van der Waals surface area contributed by atoms with Crippen molar-refractivity contribution in [3.8, 4) is 5.75 Å². The van der Waals surface area contributed by atoms with Gasteiger partial charge in [-0.05, 0) is 57.2 Å². The molecule has 1 aromatic heterocycles. The fourth-order valence-corrected chi connectivity index (χ4v) is 2.95. The van der Waals surface area contributed by atoms with Gasteiger partial charge in [-0.25, -0.2) is 4.79 Å². The molecule has 0 radical (unpaired) electrons. The Hall–Kier alpha value is -1.77. The predicted octanol–water partition coefficient (Wildman–Crippen LogP) is 3.77. The summed E-state index contributed by atoms with van der Waals surface area (Å²) in [6.07, 6.45) is 2.83. The molecule has 1 aromatic carbocycles. The number of rotatable bonds is 1. The van der Waals surface area contributed by atoms with E-state index in [1.54, 1.807) is 6.07 Å². The summed E-state index contributed by atoms with van der Waals surface area (Å²) in [6, 6.07) is 3.73. The summed E-state index contributed by atoms with van der Waals surface area (Å²) < 4.78 is 11.5. The minimum absolute atomic E-state index is 0.159. The van der Waals surface area contributed by atoms with Crippen LogP contribution in [0, 0.1) is 6.92 Å². The third-order valence-electron chi connectivity index (χ3n) is 4.13. The van der Waals surface area contributed by atoms with Gasteiger partial charge in [-0.3, -0.25) is 0 Å². The number of aryl methyl sites for hydroxylation is 3. The number of benzene rings is 1. The molecule has 1 aliphatic heterocycles. The molecule has 3 nitrogen and oxygen atoms in total. The molecular weight excluding hydrogens is 252 g/mol. The van der Waals surface area contributed by atoms with Gasteiger partial charge in [0.15, 0.2) is 0 Å². The maximum absolute atomic E-state index is 11.7. The zero-order valence-corrected chi connectivity index (χ0v) is 12.5. The van der Waals surface area contributed by atoms with Gasteiger partial charge < -0.3 is 9.15 Å². The molecule has 3 rings (SSSR count). The van der Waals surface area contributed by atoms with Crippen molar-refractivity contribution in [1.29, 1.82) is 0 Å². The molecule has 20 heavy (non-hydrogen) atoms. The summed E-state index contributed by atoms with van der Waals surface area (Å²) in [5.41, 5.74) is 3.44. The minimum atomic E-state index is -0.285. The lowest BCUT2D eigenvalue weighted by Gasteiger charge is -2.33. The van der Waals surface area contributed by atoms with Crippen LogP contribution in [0.2, 0.25) is 0 Å². The first-order valence-corrected chi connectivity index (χ1v) is 7.19. The van der Waals surface area contributed by atoms with Crippen LogP contribution in [0.25, 0.3) is 11.0 Å². The zero-order valence-electron chi connectivity index (χ0n) is 12.5. The Kier molecular flexibility index (Phi) is 2.89. The molecule has 0 aliphatic carbocycles. The van der Waals surface area contributed by atoms with Crippen molar-refractivity contribution in [2.45, 2.75) is 52.6 Å². The smallest absolute Gasteiger partial charge is 0.336 e. The third kappa shape index (κ3) is 2.01. The van der Waals surface area contributed by atoms with E-state index in [1.807, 2.05) is 6.92 Å². The van der Waals surface area contributed by atoms with Crippen LogP contribution in [0.5, 0.6) is 5.75 Å². The molecule has 0 spiro atoms. The Morgan fingerprint density at radius 2 is 2.05 bits per heavy atom. The topological polar surface area (TPSA) is 39.4 Å². The van der Waals surface area contributed by atoms with Gasteiger partial charge in [-0.1, -0.05) is 6.92 Å². The minimum Gasteiger partial charge on any atom is -0.487 e. The van der Waals surface area contributed by atoms with Crippen molar-refractivity contribution in [2.75, 3.05) is 0 Å². The Bertz CT molecular complexity index is 738. The van der Waals surface area contributed by atoms with Crippen LogP contribution in [0.1, 0.15) is 43.9 Å². The molecule has 106 valence electrons. The molecular formula is C17H20O3. The van der Waals surface area contributed by atoms with Crippen molar-refractivity contribution in [3.05, 3.63) is 39.2 Å². The predicted molar refractivity (Wildman–Crippen MR) is 79.6 cm³/mol. The lowest BCUT2D eigenvalue weighted by Crippen LogP contribution is -2.33. The van der Waals surface area contributed by atoms with E-state index in [1.165, 1.54) is 5.56 Å². The van der Waals surface area contributed by atoms with Gasteiger partial charge in [0.25, 0.3) is 0 Å². The quantitative estimate of drug-likeness (QED) is 0.742. The second kappa shape index (κ2) is 4.37. The number of hydrogen-bond donors (Lipinski definition) is 0. The lowest BCUT2D eigenvalue weighted by molar-refractivity contribution is 0.0838. The van der Waals surface area contributed by atoms with Crippen LogP contribution in [-0.4, -0.2) is 5.60 Å². The summed E-state index contributed by atoms with van der Waals surface area (Å²) in [5, 5.41) is 1.05. The van der Waals surface area contributed by atoms with E-state index in [0.29, 0.717) is 5.58 Å². The van der Waals surface area contributed by atoms with Crippen LogP contribution in [0.15, 0.2) is 21.3 Å². The number of hydrogen-bond acceptors (Lipinski definition) is 3. The standard InChI is InChI=1S/C17H20O3/c1-5-11-9-14(18)19-16-10(2)15-12(8-13(11)16)6-7-17(3,4)20-15/h8-9H,5-7H2,1-4H3. The zero-order chi connectivity index (χ0) is 14.5. The Labute approximate surface area is 118 Å². The highest BCUT2D eigenvalue weighted by Crippen LogP contribution is 2.39. The molecule has 0 fully saturated rings. The summed E-state index contributed by atoms with van der Waals surface area (Å²) in [5.74, 6) is 0.894. The molecule has 3 heteroatoms. The molecule has 0 bridgehead atoms. The van der Waals surface area contributed by atoms with Crippen LogP contribution in [0.4, 0.5) is 0 Å². The molecule has 0 saturated carbocycles. The van der Waals surface area contributed by atoms with Crippen molar-refractivity contribution in [3.63, 3.8) is 0 Å². The van der Waals surface area contributed by atoms with E-state index < -0.39 is 0 Å². The molecule has 2 heterocycles. The Morgan fingerprint density at radius 1 is 1.30 bits per heavy atom. The highest BCUT2D eigenvalue weighted by atomic mass is 16.5. The van der Waals surface area contributed by atoms with Gasteiger partial charge in [0.05, 0.1) is 0 Å². The van der Waals surface area contributed by atoms with E-state index >= 15 is 0 Å². The second-order valence-electron chi connectivity index (χ2n) is 6.17. The molecule has 0 amide bonds. The number of ether oxygens (including phenoxy) is 1. The van der Waals surface area contributed by atoms with Gasteiger partial charge in [0.1, 0.15) is 16.9 Å². The van der Waals surface area contributed by atoms with Gasteiger partial charge >= 0.3 is 5.63 Å². The fourth-order valence-electron chi connectivity index (χ4n) is 2.95. The SMILES string of the molecule is CCc1cc(=O)oc2c(C)c3c(cc12)CCC(C)(C)O3. The molecule has 2 aromatic rings. The van der Waals surface area contributed by atoms with Crippen LogP contribution < -0.4 is 10.4 Å². The first-order valence-electron chi connectivity index (χ1n) is 7.19. The van der Waals surface area contributed by atoms with Gasteiger partial charge in [-0.2, -0.15) is 0 Å². The van der Waals surface area contributed by atoms with Crippen molar-refractivity contribution in [2.24, 2.45) is 0 Å². The van der Waals surface area contributed by atoms with E-state index in [-0.39, 0.29) is 11.2 Å². The van der Waals surface area contributed by atoms with E-state index in [4.69, 9.17) is 9.15 Å². The van der Waals surface area contributed by atoms with E-state index in [0.717, 1.165) is 41.5 Å². The lowest BCUT2D eigenvalue weighted by atomic mass is 9.91. The first-order chi connectivity index (χ1) is 9.41. The molecule has 0 atom stereocenters. The fraction of sp³-hybridized carbons (Fsp3) is 0.471. The van der Waals surface area contributed by atoms with E-state index in [9.17, 15) is 4.79 Å².